The third-order valence-corrected chi connectivity index (χ3v) is 1.95. The summed E-state index contributed by atoms with van der Waals surface area (Å²) < 4.78 is 0. The lowest BCUT2D eigenvalue weighted by atomic mass is 9.92. The first kappa shape index (κ1) is 13.2. The van der Waals surface area contributed by atoms with Crippen LogP contribution in [0.3, 0.4) is 0 Å². The second kappa shape index (κ2) is 5.14. The van der Waals surface area contributed by atoms with Crippen LogP contribution in [0.15, 0.2) is 12.7 Å². The normalized spacial score (nSPS) is 13.7. The fraction of sp³-hybridized carbons (Fsp3) is 0.444. The molecule has 0 aromatic rings. The van der Waals surface area contributed by atoms with E-state index in [1.165, 1.54) is 13.0 Å². The van der Waals surface area contributed by atoms with E-state index < -0.39 is 23.3 Å². The second-order valence-corrected chi connectivity index (χ2v) is 3.19. The van der Waals surface area contributed by atoms with Gasteiger partial charge in [-0.25, -0.2) is 0 Å². The Bertz CT molecular complexity index is 301. The van der Waals surface area contributed by atoms with E-state index in [2.05, 4.69) is 11.9 Å². The zero-order chi connectivity index (χ0) is 12.1. The van der Waals surface area contributed by atoms with Crippen LogP contribution in [-0.2, 0) is 14.4 Å². The molecule has 0 saturated carbocycles. The lowest BCUT2D eigenvalue weighted by molar-refractivity contribution is -0.129. The molecular formula is C9H15N3O3. The van der Waals surface area contributed by atoms with Crippen molar-refractivity contribution in [3.8, 4) is 0 Å². The highest BCUT2D eigenvalue weighted by Crippen LogP contribution is 2.14. The van der Waals surface area contributed by atoms with Crippen LogP contribution in [0.4, 0.5) is 0 Å². The van der Waals surface area contributed by atoms with Gasteiger partial charge in [-0.05, 0) is 6.42 Å². The van der Waals surface area contributed by atoms with Gasteiger partial charge in [-0.1, -0.05) is 6.08 Å². The van der Waals surface area contributed by atoms with Gasteiger partial charge in [-0.3, -0.25) is 14.4 Å². The van der Waals surface area contributed by atoms with Crippen molar-refractivity contribution in [1.29, 1.82) is 0 Å². The molecule has 0 aliphatic rings. The van der Waals surface area contributed by atoms with E-state index >= 15 is 0 Å². The fourth-order valence-electron chi connectivity index (χ4n) is 1.14. The van der Waals surface area contributed by atoms with Crippen LogP contribution in [0.25, 0.3) is 0 Å². The molecule has 0 saturated heterocycles. The number of hydrogen-bond acceptors (Lipinski definition) is 3. The molecule has 3 amide bonds. The van der Waals surface area contributed by atoms with Crippen LogP contribution >= 0.6 is 0 Å². The Balaban J connectivity index is 4.80. The topological polar surface area (TPSA) is 115 Å². The quantitative estimate of drug-likeness (QED) is 0.481. The van der Waals surface area contributed by atoms with Gasteiger partial charge in [0.1, 0.15) is 5.54 Å². The van der Waals surface area contributed by atoms with Gasteiger partial charge < -0.3 is 16.8 Å². The van der Waals surface area contributed by atoms with Gasteiger partial charge in [0.25, 0.3) is 0 Å². The Kier molecular flexibility index (Phi) is 4.50. The average Bonchev–Trinajstić information content (AvgIpc) is 2.11. The Hall–Kier alpha value is -1.85. The highest BCUT2D eigenvalue weighted by molar-refractivity contribution is 5.92. The molecule has 0 aromatic carbocycles. The molecule has 0 aliphatic carbocycles. The molecule has 0 fully saturated rings. The number of carbonyl (C=O) groups is 3. The highest BCUT2D eigenvalue weighted by atomic mass is 16.2. The maximum atomic E-state index is 11.2. The molecule has 0 aromatic heterocycles. The van der Waals surface area contributed by atoms with Crippen molar-refractivity contribution in [2.45, 2.75) is 25.3 Å². The molecule has 84 valence electrons. The van der Waals surface area contributed by atoms with Gasteiger partial charge in [0.2, 0.25) is 17.7 Å². The number of hydrogen-bond donors (Lipinski definition) is 3. The first-order chi connectivity index (χ1) is 6.84. The van der Waals surface area contributed by atoms with Crippen molar-refractivity contribution in [2.24, 2.45) is 11.5 Å². The van der Waals surface area contributed by atoms with E-state index in [-0.39, 0.29) is 12.8 Å². The summed E-state index contributed by atoms with van der Waals surface area (Å²) in [4.78, 5) is 32.7. The third-order valence-electron chi connectivity index (χ3n) is 1.95. The monoisotopic (exact) mass is 213 g/mol. The molecule has 0 aliphatic heterocycles. The van der Waals surface area contributed by atoms with E-state index in [1.807, 2.05) is 0 Å². The summed E-state index contributed by atoms with van der Waals surface area (Å²) in [6.45, 7) is 4.66. The molecule has 6 heteroatoms. The first-order valence-electron chi connectivity index (χ1n) is 4.34. The summed E-state index contributed by atoms with van der Waals surface area (Å²) in [5, 5.41) is 2.36. The zero-order valence-electron chi connectivity index (χ0n) is 8.58. The first-order valence-corrected chi connectivity index (χ1v) is 4.34. The smallest absolute Gasteiger partial charge is 0.247 e. The van der Waals surface area contributed by atoms with Crippen LogP contribution in [0.2, 0.25) is 0 Å². The maximum absolute atomic E-state index is 11.2. The van der Waals surface area contributed by atoms with Crippen molar-refractivity contribution < 1.29 is 14.4 Å². The maximum Gasteiger partial charge on any atom is 0.247 e. The number of primary amides is 2. The lowest BCUT2D eigenvalue weighted by Crippen LogP contribution is -2.55. The number of carbonyl (C=O) groups excluding carboxylic acids is 3. The van der Waals surface area contributed by atoms with E-state index in [0.29, 0.717) is 0 Å². The zero-order valence-corrected chi connectivity index (χ0v) is 8.58. The van der Waals surface area contributed by atoms with Crippen molar-refractivity contribution in [3.63, 3.8) is 0 Å². The van der Waals surface area contributed by atoms with Gasteiger partial charge in [0.15, 0.2) is 0 Å². The van der Waals surface area contributed by atoms with Crippen LogP contribution in [0.5, 0.6) is 0 Å². The van der Waals surface area contributed by atoms with Crippen molar-refractivity contribution in [3.05, 3.63) is 12.7 Å². The molecule has 1 unspecified atom stereocenters. The highest BCUT2D eigenvalue weighted by Gasteiger charge is 2.34. The van der Waals surface area contributed by atoms with Crippen molar-refractivity contribution >= 4 is 17.7 Å². The number of nitrogens with one attached hydrogen (secondary N) is 1. The van der Waals surface area contributed by atoms with Crippen molar-refractivity contribution in [2.75, 3.05) is 0 Å². The van der Waals surface area contributed by atoms with Crippen LogP contribution in [0.1, 0.15) is 19.8 Å². The number of rotatable bonds is 6. The van der Waals surface area contributed by atoms with Gasteiger partial charge in [0, 0.05) is 13.3 Å². The minimum Gasteiger partial charge on any atom is -0.370 e. The third kappa shape index (κ3) is 3.80. The summed E-state index contributed by atoms with van der Waals surface area (Å²) in [5.41, 5.74) is 8.69. The predicted octanol–water partition coefficient (Wildman–Crippen LogP) is -1.20. The van der Waals surface area contributed by atoms with Crippen LogP contribution in [-0.4, -0.2) is 23.3 Å². The predicted molar refractivity (Wildman–Crippen MR) is 54.4 cm³/mol. The van der Waals surface area contributed by atoms with E-state index in [0.717, 1.165) is 0 Å². The molecule has 5 N–H and O–H groups in total. The average molecular weight is 213 g/mol. The van der Waals surface area contributed by atoms with Crippen LogP contribution in [0, 0.1) is 0 Å². The molecule has 1 atom stereocenters. The molecule has 0 spiro atoms. The molecule has 0 heterocycles. The summed E-state index contributed by atoms with van der Waals surface area (Å²) >= 11 is 0. The molecule has 0 bridgehead atoms. The van der Waals surface area contributed by atoms with E-state index in [1.54, 1.807) is 0 Å². The minimum atomic E-state index is -1.40. The SMILES string of the molecule is C=CC(CCC(N)=O)(NC(C)=O)C(N)=O. The molecule has 15 heavy (non-hydrogen) atoms. The summed E-state index contributed by atoms with van der Waals surface area (Å²) in [6, 6.07) is 0. The van der Waals surface area contributed by atoms with E-state index in [4.69, 9.17) is 11.5 Å². The minimum absolute atomic E-state index is 0.0146. The largest absolute Gasteiger partial charge is 0.370 e. The summed E-state index contributed by atoms with van der Waals surface area (Å²) in [5.74, 6) is -1.78. The molecule has 0 rings (SSSR count). The Morgan fingerprint density at radius 2 is 1.93 bits per heavy atom. The fourth-order valence-corrected chi connectivity index (χ4v) is 1.14. The van der Waals surface area contributed by atoms with Gasteiger partial charge in [-0.15, -0.1) is 6.58 Å². The molecular weight excluding hydrogens is 198 g/mol. The van der Waals surface area contributed by atoms with Crippen LogP contribution < -0.4 is 16.8 Å². The van der Waals surface area contributed by atoms with Crippen molar-refractivity contribution in [1.82, 2.24) is 5.32 Å². The van der Waals surface area contributed by atoms with E-state index in [9.17, 15) is 14.4 Å². The Labute approximate surface area is 87.7 Å². The molecule has 0 radical (unpaired) electrons. The number of amides is 3. The lowest BCUT2D eigenvalue weighted by Gasteiger charge is -2.27. The second-order valence-electron chi connectivity index (χ2n) is 3.19. The Morgan fingerprint density at radius 3 is 2.20 bits per heavy atom. The van der Waals surface area contributed by atoms with Gasteiger partial charge in [0.05, 0.1) is 0 Å². The number of nitrogens with two attached hydrogens (primary N) is 2. The standard InChI is InChI=1S/C9H15N3O3/c1-3-9(8(11)15,12-6(2)13)5-4-7(10)14/h3H,1,4-5H2,2H3,(H2,10,14)(H2,11,15)(H,12,13). The van der Waals surface area contributed by atoms with Gasteiger partial charge in [-0.2, -0.15) is 0 Å². The summed E-state index contributed by atoms with van der Waals surface area (Å²) in [6.07, 6.45) is 1.16. The summed E-state index contributed by atoms with van der Waals surface area (Å²) in [7, 11) is 0. The van der Waals surface area contributed by atoms with Gasteiger partial charge >= 0.3 is 0 Å². The Morgan fingerprint density at radius 1 is 1.40 bits per heavy atom. The molecule has 6 nitrogen and oxygen atoms in total.